The SMILES string of the molecule is CC=CC=CC(=O)OC(CC)O[Si](O)(O)O. The summed E-state index contributed by atoms with van der Waals surface area (Å²) in [6, 6.07) is 0. The molecule has 0 aliphatic heterocycles. The number of hydrogen-bond acceptors (Lipinski definition) is 6. The highest BCUT2D eigenvalue weighted by Gasteiger charge is 2.35. The Bertz CT molecular complexity index is 268. The van der Waals surface area contributed by atoms with Crippen LogP contribution in [0.2, 0.25) is 0 Å². The van der Waals surface area contributed by atoms with Gasteiger partial charge in [-0.1, -0.05) is 25.2 Å². The lowest BCUT2D eigenvalue weighted by Gasteiger charge is -2.19. The average molecular weight is 248 g/mol. The van der Waals surface area contributed by atoms with Crippen LogP contribution in [-0.2, 0) is 14.0 Å². The highest BCUT2D eigenvalue weighted by atomic mass is 28.4. The fourth-order valence-electron chi connectivity index (χ4n) is 0.781. The molecule has 7 heteroatoms. The van der Waals surface area contributed by atoms with E-state index < -0.39 is 21.3 Å². The van der Waals surface area contributed by atoms with E-state index in [1.807, 2.05) is 0 Å². The number of hydrogen-bond donors (Lipinski definition) is 3. The van der Waals surface area contributed by atoms with E-state index >= 15 is 0 Å². The van der Waals surface area contributed by atoms with Gasteiger partial charge in [0.25, 0.3) is 0 Å². The Balaban J connectivity index is 4.17. The maximum Gasteiger partial charge on any atom is 0.674 e. The lowest BCUT2D eigenvalue weighted by molar-refractivity contribution is -0.167. The molecule has 0 aromatic heterocycles. The van der Waals surface area contributed by atoms with E-state index in [0.717, 1.165) is 6.08 Å². The fraction of sp³-hybridized carbons (Fsp3) is 0.444. The third-order valence-electron chi connectivity index (χ3n) is 1.41. The van der Waals surface area contributed by atoms with Crippen LogP contribution in [0.4, 0.5) is 0 Å². The predicted octanol–water partition coefficient (Wildman–Crippen LogP) is -0.173. The van der Waals surface area contributed by atoms with Gasteiger partial charge >= 0.3 is 15.0 Å². The standard InChI is InChI=1S/C9H16O6Si/c1-3-5-6-7-8(10)14-9(4-2)15-16(11,12)13/h3,5-7,9,11-13H,4H2,1-2H3. The zero-order valence-electron chi connectivity index (χ0n) is 9.16. The van der Waals surface area contributed by atoms with Crippen molar-refractivity contribution < 1.29 is 28.3 Å². The van der Waals surface area contributed by atoms with Crippen LogP contribution in [0.25, 0.3) is 0 Å². The Hall–Kier alpha value is -0.993. The quantitative estimate of drug-likeness (QED) is 0.198. The number of allylic oxidation sites excluding steroid dienone is 3. The van der Waals surface area contributed by atoms with Gasteiger partial charge < -0.3 is 23.5 Å². The van der Waals surface area contributed by atoms with Gasteiger partial charge in [0.2, 0.25) is 0 Å². The lowest BCUT2D eigenvalue weighted by atomic mass is 10.4. The van der Waals surface area contributed by atoms with E-state index in [9.17, 15) is 4.79 Å². The van der Waals surface area contributed by atoms with Gasteiger partial charge in [-0.3, -0.25) is 0 Å². The molecule has 1 atom stereocenters. The first kappa shape index (κ1) is 15.0. The molecule has 0 spiro atoms. The number of carbonyl (C=O) groups is 1. The second-order valence-electron chi connectivity index (χ2n) is 2.85. The summed E-state index contributed by atoms with van der Waals surface area (Å²) in [4.78, 5) is 37.1. The Kier molecular flexibility index (Phi) is 6.85. The molecule has 0 aromatic carbocycles. The maximum absolute atomic E-state index is 11.1. The second-order valence-corrected chi connectivity index (χ2v) is 4.23. The molecule has 0 fully saturated rings. The lowest BCUT2D eigenvalue weighted by Crippen LogP contribution is -2.43. The van der Waals surface area contributed by atoms with E-state index in [-0.39, 0.29) is 6.42 Å². The summed E-state index contributed by atoms with van der Waals surface area (Å²) in [5.41, 5.74) is 0. The van der Waals surface area contributed by atoms with Crippen LogP contribution in [0.15, 0.2) is 24.3 Å². The van der Waals surface area contributed by atoms with Crippen molar-refractivity contribution in [2.75, 3.05) is 0 Å². The Morgan fingerprint density at radius 3 is 2.44 bits per heavy atom. The molecule has 16 heavy (non-hydrogen) atoms. The highest BCUT2D eigenvalue weighted by Crippen LogP contribution is 2.05. The van der Waals surface area contributed by atoms with Crippen molar-refractivity contribution in [1.82, 2.24) is 0 Å². The summed E-state index contributed by atoms with van der Waals surface area (Å²) >= 11 is 0. The average Bonchev–Trinajstić information content (AvgIpc) is 2.15. The van der Waals surface area contributed by atoms with E-state index in [4.69, 9.17) is 19.1 Å². The van der Waals surface area contributed by atoms with E-state index in [2.05, 4.69) is 4.43 Å². The molecule has 3 N–H and O–H groups in total. The molecule has 0 amide bonds. The summed E-state index contributed by atoms with van der Waals surface area (Å²) in [6.45, 7) is 3.39. The zero-order chi connectivity index (χ0) is 12.6. The van der Waals surface area contributed by atoms with E-state index in [0.29, 0.717) is 0 Å². The van der Waals surface area contributed by atoms with E-state index in [1.165, 1.54) is 6.08 Å². The molecule has 0 bridgehead atoms. The first-order valence-corrected chi connectivity index (χ1v) is 6.49. The van der Waals surface area contributed by atoms with Crippen LogP contribution < -0.4 is 0 Å². The first-order valence-electron chi connectivity index (χ1n) is 4.74. The number of rotatable bonds is 6. The van der Waals surface area contributed by atoms with Gasteiger partial charge in [0.1, 0.15) is 0 Å². The zero-order valence-corrected chi connectivity index (χ0v) is 10.2. The Labute approximate surface area is 94.9 Å². The number of esters is 1. The van der Waals surface area contributed by atoms with E-state index in [1.54, 1.807) is 26.0 Å². The van der Waals surface area contributed by atoms with Crippen LogP contribution >= 0.6 is 0 Å². The summed E-state index contributed by atoms with van der Waals surface area (Å²) in [5.74, 6) is -0.691. The Morgan fingerprint density at radius 2 is 2.00 bits per heavy atom. The van der Waals surface area contributed by atoms with Crippen molar-refractivity contribution in [3.05, 3.63) is 24.3 Å². The van der Waals surface area contributed by atoms with Crippen LogP contribution in [0.1, 0.15) is 20.3 Å². The predicted molar refractivity (Wildman–Crippen MR) is 57.6 cm³/mol. The van der Waals surface area contributed by atoms with Gasteiger partial charge in [0, 0.05) is 12.5 Å². The normalized spacial score (nSPS) is 14.6. The highest BCUT2D eigenvalue weighted by molar-refractivity contribution is 6.48. The summed E-state index contributed by atoms with van der Waals surface area (Å²) in [6.07, 6.45) is 5.00. The Morgan fingerprint density at radius 1 is 1.38 bits per heavy atom. The fourth-order valence-corrected chi connectivity index (χ4v) is 1.35. The third kappa shape index (κ3) is 8.33. The molecule has 0 aromatic rings. The van der Waals surface area contributed by atoms with Gasteiger partial charge in [-0.15, -0.1) is 0 Å². The summed E-state index contributed by atoms with van der Waals surface area (Å²) in [5, 5.41) is 0. The monoisotopic (exact) mass is 248 g/mol. The minimum atomic E-state index is -4.66. The van der Waals surface area contributed by atoms with Crippen LogP contribution in [0, 0.1) is 0 Å². The molecule has 1 unspecified atom stereocenters. The summed E-state index contributed by atoms with van der Waals surface area (Å²) in [7, 11) is -4.66. The maximum atomic E-state index is 11.1. The van der Waals surface area contributed by atoms with Crippen molar-refractivity contribution >= 4 is 15.0 Å². The van der Waals surface area contributed by atoms with Crippen LogP contribution in [0.5, 0.6) is 0 Å². The van der Waals surface area contributed by atoms with Gasteiger partial charge in [-0.05, 0) is 6.92 Å². The molecule has 0 radical (unpaired) electrons. The molecule has 0 saturated carbocycles. The minimum Gasteiger partial charge on any atom is -0.433 e. The smallest absolute Gasteiger partial charge is 0.433 e. The van der Waals surface area contributed by atoms with Crippen molar-refractivity contribution in [3.63, 3.8) is 0 Å². The molecule has 6 nitrogen and oxygen atoms in total. The number of carbonyl (C=O) groups excluding carboxylic acids is 1. The minimum absolute atomic E-state index is 0.194. The third-order valence-corrected chi connectivity index (χ3v) is 1.99. The molecule has 92 valence electrons. The molecule has 0 aliphatic rings. The van der Waals surface area contributed by atoms with Crippen LogP contribution in [0.3, 0.4) is 0 Å². The molecule has 0 heterocycles. The topological polar surface area (TPSA) is 96.2 Å². The van der Waals surface area contributed by atoms with Crippen LogP contribution in [-0.4, -0.2) is 35.7 Å². The summed E-state index contributed by atoms with van der Waals surface area (Å²) < 4.78 is 9.07. The van der Waals surface area contributed by atoms with Gasteiger partial charge in [-0.2, -0.15) is 0 Å². The largest absolute Gasteiger partial charge is 0.674 e. The molecule has 0 aliphatic carbocycles. The molecular formula is C9H16O6Si. The van der Waals surface area contributed by atoms with Gasteiger partial charge in [0.05, 0.1) is 0 Å². The molecular weight excluding hydrogens is 232 g/mol. The van der Waals surface area contributed by atoms with Crippen molar-refractivity contribution in [2.24, 2.45) is 0 Å². The van der Waals surface area contributed by atoms with Crippen molar-refractivity contribution in [1.29, 1.82) is 0 Å². The van der Waals surface area contributed by atoms with Crippen molar-refractivity contribution in [2.45, 2.75) is 26.6 Å². The van der Waals surface area contributed by atoms with Crippen molar-refractivity contribution in [3.8, 4) is 0 Å². The molecule has 0 saturated heterocycles. The number of ether oxygens (including phenoxy) is 1. The van der Waals surface area contributed by atoms with Gasteiger partial charge in [-0.25, -0.2) is 4.79 Å². The van der Waals surface area contributed by atoms with Gasteiger partial charge in [0.15, 0.2) is 6.29 Å². The second kappa shape index (κ2) is 7.31. The molecule has 0 rings (SSSR count). The first-order chi connectivity index (χ1) is 7.39.